The summed E-state index contributed by atoms with van der Waals surface area (Å²) in [5.74, 6) is 0.931. The number of likely N-dealkylation sites (tertiary alicyclic amines) is 1. The standard InChI is InChI=1S/C22H20FN5O3/c1-30-18-7-6-14(12-16(18)23)25-22(29)27-10-8-15(13-27)28-20-17(4-2-9-24-20)26-21(28)19-5-3-11-31-19/h2-7,9,11-12,15H,8,10,13H2,1H3,(H,25,29)/t15-/m0/s1. The van der Waals surface area contributed by atoms with E-state index in [0.717, 1.165) is 17.6 Å². The zero-order valence-corrected chi connectivity index (χ0v) is 16.8. The minimum atomic E-state index is -0.529. The second kappa shape index (κ2) is 7.75. The van der Waals surface area contributed by atoms with Crippen LogP contribution in [0.15, 0.2) is 59.3 Å². The summed E-state index contributed by atoms with van der Waals surface area (Å²) >= 11 is 0. The fourth-order valence-electron chi connectivity index (χ4n) is 3.94. The van der Waals surface area contributed by atoms with E-state index in [-0.39, 0.29) is 17.8 Å². The van der Waals surface area contributed by atoms with Gasteiger partial charge in [0.05, 0.1) is 19.4 Å². The summed E-state index contributed by atoms with van der Waals surface area (Å²) in [6.45, 7) is 1.03. The van der Waals surface area contributed by atoms with Gasteiger partial charge in [-0.1, -0.05) is 0 Å². The quantitative estimate of drug-likeness (QED) is 0.531. The van der Waals surface area contributed by atoms with Crippen LogP contribution < -0.4 is 10.1 Å². The zero-order chi connectivity index (χ0) is 21.4. The molecule has 3 aromatic heterocycles. The molecule has 4 aromatic rings. The summed E-state index contributed by atoms with van der Waals surface area (Å²) in [5.41, 5.74) is 1.89. The number of aromatic nitrogens is 3. The van der Waals surface area contributed by atoms with Gasteiger partial charge in [0.25, 0.3) is 0 Å². The average molecular weight is 421 g/mol. The monoisotopic (exact) mass is 421 g/mol. The molecular weight excluding hydrogens is 401 g/mol. The van der Waals surface area contributed by atoms with Crippen LogP contribution in [0.4, 0.5) is 14.9 Å². The number of pyridine rings is 1. The molecule has 1 fully saturated rings. The van der Waals surface area contributed by atoms with Crippen LogP contribution in [-0.2, 0) is 0 Å². The minimum absolute atomic E-state index is 0.0154. The molecule has 2 amide bonds. The Labute approximate surface area is 177 Å². The highest BCUT2D eigenvalue weighted by atomic mass is 19.1. The number of amides is 2. The molecule has 4 heterocycles. The van der Waals surface area contributed by atoms with Crippen molar-refractivity contribution in [1.29, 1.82) is 0 Å². The number of hydrogen-bond donors (Lipinski definition) is 1. The molecule has 1 aliphatic heterocycles. The summed E-state index contributed by atoms with van der Waals surface area (Å²) in [7, 11) is 1.40. The second-order valence-electron chi connectivity index (χ2n) is 7.30. The number of urea groups is 1. The van der Waals surface area contributed by atoms with Gasteiger partial charge in [0.15, 0.2) is 28.8 Å². The summed E-state index contributed by atoms with van der Waals surface area (Å²) < 4.78 is 26.5. The Morgan fingerprint density at radius 1 is 1.29 bits per heavy atom. The van der Waals surface area contributed by atoms with Crippen LogP contribution in [0.5, 0.6) is 5.75 Å². The van der Waals surface area contributed by atoms with Crippen LogP contribution >= 0.6 is 0 Å². The first-order valence-corrected chi connectivity index (χ1v) is 9.90. The van der Waals surface area contributed by atoms with Crippen LogP contribution in [0, 0.1) is 5.82 Å². The SMILES string of the molecule is COc1ccc(NC(=O)N2CC[C@H](n3c(-c4ccco4)nc4cccnc43)C2)cc1F. The number of fused-ring (bicyclic) bond motifs is 1. The van der Waals surface area contributed by atoms with E-state index in [1.807, 2.05) is 28.8 Å². The van der Waals surface area contributed by atoms with E-state index >= 15 is 0 Å². The van der Waals surface area contributed by atoms with E-state index < -0.39 is 5.82 Å². The van der Waals surface area contributed by atoms with Crippen molar-refractivity contribution in [1.82, 2.24) is 19.4 Å². The summed E-state index contributed by atoms with van der Waals surface area (Å²) in [6.07, 6.45) is 4.07. The zero-order valence-electron chi connectivity index (χ0n) is 16.8. The topological polar surface area (TPSA) is 85.4 Å². The number of halogens is 1. The molecule has 1 aliphatic rings. The molecule has 0 saturated carbocycles. The Morgan fingerprint density at radius 3 is 2.97 bits per heavy atom. The highest BCUT2D eigenvalue weighted by molar-refractivity contribution is 5.89. The van der Waals surface area contributed by atoms with Crippen molar-refractivity contribution in [2.75, 3.05) is 25.5 Å². The predicted molar refractivity (Wildman–Crippen MR) is 112 cm³/mol. The van der Waals surface area contributed by atoms with Crippen LogP contribution in [-0.4, -0.2) is 45.7 Å². The van der Waals surface area contributed by atoms with E-state index in [2.05, 4.69) is 10.3 Å². The number of carbonyl (C=O) groups excluding carboxylic acids is 1. The van der Waals surface area contributed by atoms with Crippen molar-refractivity contribution in [3.05, 3.63) is 60.7 Å². The molecule has 9 heteroatoms. The first-order chi connectivity index (χ1) is 15.1. The molecule has 0 radical (unpaired) electrons. The third kappa shape index (κ3) is 3.48. The van der Waals surface area contributed by atoms with E-state index in [1.165, 1.54) is 19.2 Å². The molecule has 1 N–H and O–H groups in total. The minimum Gasteiger partial charge on any atom is -0.494 e. The number of furan rings is 1. The van der Waals surface area contributed by atoms with Gasteiger partial charge in [-0.15, -0.1) is 0 Å². The summed E-state index contributed by atoms with van der Waals surface area (Å²) in [5, 5.41) is 2.75. The first kappa shape index (κ1) is 19.1. The Kier molecular flexibility index (Phi) is 4.78. The molecule has 0 bridgehead atoms. The van der Waals surface area contributed by atoms with E-state index in [9.17, 15) is 9.18 Å². The lowest BCUT2D eigenvalue weighted by molar-refractivity contribution is 0.221. The van der Waals surface area contributed by atoms with Gasteiger partial charge in [-0.25, -0.2) is 19.2 Å². The maximum Gasteiger partial charge on any atom is 0.321 e. The van der Waals surface area contributed by atoms with Gasteiger partial charge in [-0.2, -0.15) is 0 Å². The van der Waals surface area contributed by atoms with Gasteiger partial charge in [0.2, 0.25) is 0 Å². The first-order valence-electron chi connectivity index (χ1n) is 9.90. The molecule has 31 heavy (non-hydrogen) atoms. The van der Waals surface area contributed by atoms with Gasteiger partial charge in [-0.3, -0.25) is 0 Å². The number of nitrogens with one attached hydrogen (secondary N) is 1. The van der Waals surface area contributed by atoms with Gasteiger partial charge in [0, 0.05) is 31.0 Å². The van der Waals surface area contributed by atoms with E-state index in [4.69, 9.17) is 14.1 Å². The van der Waals surface area contributed by atoms with Crippen molar-refractivity contribution < 1.29 is 18.3 Å². The number of ether oxygens (including phenoxy) is 1. The molecular formula is C22H20FN5O3. The van der Waals surface area contributed by atoms with Gasteiger partial charge in [-0.05, 0) is 42.8 Å². The highest BCUT2D eigenvalue weighted by Gasteiger charge is 2.31. The third-order valence-electron chi connectivity index (χ3n) is 5.41. The maximum atomic E-state index is 13.9. The van der Waals surface area contributed by atoms with Crippen molar-refractivity contribution in [2.45, 2.75) is 12.5 Å². The molecule has 0 aliphatic carbocycles. The molecule has 1 aromatic carbocycles. The number of rotatable bonds is 4. The van der Waals surface area contributed by atoms with E-state index in [0.29, 0.717) is 30.4 Å². The van der Waals surface area contributed by atoms with Crippen molar-refractivity contribution in [3.8, 4) is 17.3 Å². The number of imidazole rings is 1. The van der Waals surface area contributed by atoms with Crippen LogP contribution in [0.2, 0.25) is 0 Å². The third-order valence-corrected chi connectivity index (χ3v) is 5.41. The predicted octanol–water partition coefficient (Wildman–Crippen LogP) is 4.32. The average Bonchev–Trinajstić information content (AvgIpc) is 3.52. The lowest BCUT2D eigenvalue weighted by Gasteiger charge is -2.19. The number of methoxy groups -OCH3 is 1. The Balaban J connectivity index is 1.38. The number of hydrogen-bond acceptors (Lipinski definition) is 5. The fourth-order valence-corrected chi connectivity index (χ4v) is 3.94. The Bertz CT molecular complexity index is 1240. The number of nitrogens with zero attached hydrogens (tertiary/aromatic N) is 4. The second-order valence-corrected chi connectivity index (χ2v) is 7.30. The summed E-state index contributed by atoms with van der Waals surface area (Å²) in [4.78, 5) is 23.7. The van der Waals surface area contributed by atoms with Crippen molar-refractivity contribution in [2.24, 2.45) is 0 Å². The molecule has 8 nitrogen and oxygen atoms in total. The maximum absolute atomic E-state index is 13.9. The van der Waals surface area contributed by atoms with E-state index in [1.54, 1.807) is 23.4 Å². The molecule has 1 atom stereocenters. The van der Waals surface area contributed by atoms with Crippen LogP contribution in [0.3, 0.4) is 0 Å². The van der Waals surface area contributed by atoms with Gasteiger partial charge >= 0.3 is 6.03 Å². The smallest absolute Gasteiger partial charge is 0.321 e. The number of anilines is 1. The molecule has 0 spiro atoms. The fraction of sp³-hybridized carbons (Fsp3) is 0.227. The molecule has 5 rings (SSSR count). The van der Waals surface area contributed by atoms with Crippen molar-refractivity contribution in [3.63, 3.8) is 0 Å². The Hall–Kier alpha value is -3.88. The molecule has 0 unspecified atom stereocenters. The lowest BCUT2D eigenvalue weighted by Crippen LogP contribution is -2.33. The van der Waals surface area contributed by atoms with Crippen LogP contribution in [0.1, 0.15) is 12.5 Å². The van der Waals surface area contributed by atoms with Crippen molar-refractivity contribution >= 4 is 22.9 Å². The highest BCUT2D eigenvalue weighted by Crippen LogP contribution is 2.32. The largest absolute Gasteiger partial charge is 0.494 e. The van der Waals surface area contributed by atoms with Gasteiger partial charge in [0.1, 0.15) is 5.52 Å². The van der Waals surface area contributed by atoms with Crippen LogP contribution in [0.25, 0.3) is 22.7 Å². The number of carbonyl (C=O) groups is 1. The number of benzene rings is 1. The Morgan fingerprint density at radius 2 is 2.19 bits per heavy atom. The molecule has 158 valence electrons. The normalized spacial score (nSPS) is 16.1. The van der Waals surface area contributed by atoms with Gasteiger partial charge < -0.3 is 23.9 Å². The molecule has 1 saturated heterocycles. The summed E-state index contributed by atoms with van der Waals surface area (Å²) in [6, 6.07) is 11.4. The lowest BCUT2D eigenvalue weighted by atomic mass is 10.2.